The lowest BCUT2D eigenvalue weighted by Gasteiger charge is -2.32. The molecule has 1 aromatic heterocycles. The summed E-state index contributed by atoms with van der Waals surface area (Å²) >= 11 is 1.46. The Morgan fingerprint density at radius 2 is 2.15 bits per heavy atom. The lowest BCUT2D eigenvalue weighted by molar-refractivity contribution is 0.0107. The first-order valence-electron chi connectivity index (χ1n) is 11.0. The third-order valence-electron chi connectivity index (χ3n) is 6.83. The number of aliphatic hydroxyl groups is 1. The average molecular weight is 468 g/mol. The van der Waals surface area contributed by atoms with Crippen molar-refractivity contribution in [1.29, 1.82) is 0 Å². The van der Waals surface area contributed by atoms with Gasteiger partial charge in [-0.25, -0.2) is 4.39 Å². The van der Waals surface area contributed by atoms with Crippen LogP contribution >= 0.6 is 11.9 Å². The summed E-state index contributed by atoms with van der Waals surface area (Å²) in [6.07, 6.45) is 2.09. The number of fused-ring (bicyclic) bond motifs is 3. The van der Waals surface area contributed by atoms with E-state index in [-0.39, 0.29) is 11.5 Å². The molecule has 5 nitrogen and oxygen atoms in total. The number of primary amides is 1. The van der Waals surface area contributed by atoms with Crippen molar-refractivity contribution in [2.45, 2.75) is 45.6 Å². The first kappa shape index (κ1) is 23.4. The molecule has 1 aliphatic rings. The Morgan fingerprint density at radius 1 is 1.42 bits per heavy atom. The molecule has 4 rings (SSSR count). The maximum Gasteiger partial charge on any atom is 0.250 e. The minimum atomic E-state index is -0.825. The number of aromatic nitrogens is 1. The van der Waals surface area contributed by atoms with Crippen molar-refractivity contribution in [3.63, 3.8) is 0 Å². The molecule has 0 fully saturated rings. The van der Waals surface area contributed by atoms with E-state index in [0.717, 1.165) is 34.5 Å². The molecule has 4 N–H and O–H groups in total. The van der Waals surface area contributed by atoms with E-state index in [1.165, 1.54) is 18.0 Å². The Hall–Kier alpha value is -2.77. The summed E-state index contributed by atoms with van der Waals surface area (Å²) < 4.78 is 17.7. The fourth-order valence-electron chi connectivity index (χ4n) is 5.04. The zero-order valence-corrected chi connectivity index (χ0v) is 20.3. The number of nitrogens with one attached hydrogen (secondary N) is 1. The molecule has 1 heterocycles. The van der Waals surface area contributed by atoms with Crippen LogP contribution in [0.3, 0.4) is 0 Å². The van der Waals surface area contributed by atoms with Crippen LogP contribution in [-0.2, 0) is 12.8 Å². The van der Waals surface area contributed by atoms with E-state index >= 15 is 4.39 Å². The number of carbonyl (C=O) groups excluding carboxylic acids is 1. The van der Waals surface area contributed by atoms with Crippen LogP contribution in [0.2, 0.25) is 0 Å². The fourth-order valence-corrected chi connectivity index (χ4v) is 5.58. The Kier molecular flexibility index (Phi) is 6.05. The zero-order chi connectivity index (χ0) is 24.1. The minimum absolute atomic E-state index is 0.0676. The number of benzene rings is 2. The molecular weight excluding hydrogens is 437 g/mol. The van der Waals surface area contributed by atoms with Crippen LogP contribution in [0.5, 0.6) is 0 Å². The molecule has 3 aromatic rings. The number of hydrogen-bond donors (Lipinski definition) is 3. The van der Waals surface area contributed by atoms with Gasteiger partial charge in [-0.2, -0.15) is 0 Å². The van der Waals surface area contributed by atoms with Gasteiger partial charge < -0.3 is 20.1 Å². The number of aryl methyl sites for hydroxylation is 1. The summed E-state index contributed by atoms with van der Waals surface area (Å²) in [5.74, 6) is -1.07. The molecule has 7 heteroatoms. The van der Waals surface area contributed by atoms with Gasteiger partial charge in [0.2, 0.25) is 0 Å². The number of nitrogens with zero attached hydrogens (tertiary/aromatic N) is 1. The lowest BCUT2D eigenvalue weighted by atomic mass is 9.77. The molecule has 0 radical (unpaired) electrons. The van der Waals surface area contributed by atoms with Crippen LogP contribution in [0.1, 0.15) is 47.4 Å². The van der Waals surface area contributed by atoms with Gasteiger partial charge in [0.25, 0.3) is 5.91 Å². The van der Waals surface area contributed by atoms with E-state index in [2.05, 4.69) is 11.6 Å². The van der Waals surface area contributed by atoms with Crippen LogP contribution in [0, 0.1) is 18.7 Å². The number of nitrogens with two attached hydrogens (primary N) is 1. The van der Waals surface area contributed by atoms with Gasteiger partial charge in [0.05, 0.1) is 22.4 Å². The summed E-state index contributed by atoms with van der Waals surface area (Å²) in [7, 11) is 1.94. The van der Waals surface area contributed by atoms with Gasteiger partial charge in [0, 0.05) is 23.7 Å². The zero-order valence-electron chi connectivity index (χ0n) is 19.5. The van der Waals surface area contributed by atoms with Crippen molar-refractivity contribution < 1.29 is 14.3 Å². The van der Waals surface area contributed by atoms with Gasteiger partial charge in [0.1, 0.15) is 5.82 Å². The van der Waals surface area contributed by atoms with Crippen LogP contribution < -0.4 is 10.0 Å². The van der Waals surface area contributed by atoms with Gasteiger partial charge in [0.15, 0.2) is 0 Å². The van der Waals surface area contributed by atoms with E-state index in [1.807, 2.05) is 50.3 Å². The lowest BCUT2D eigenvalue weighted by Crippen LogP contribution is -2.34. The normalized spacial score (nSPS) is 16.0. The molecule has 1 aliphatic carbocycles. The highest BCUT2D eigenvalue weighted by Gasteiger charge is 2.34. The van der Waals surface area contributed by atoms with Crippen LogP contribution in [-0.4, -0.2) is 28.6 Å². The summed E-state index contributed by atoms with van der Waals surface area (Å²) in [4.78, 5) is 15.6. The van der Waals surface area contributed by atoms with Gasteiger partial charge in [-0.15, -0.1) is 0 Å². The van der Waals surface area contributed by atoms with E-state index in [9.17, 15) is 9.90 Å². The van der Waals surface area contributed by atoms with E-state index < -0.39 is 17.3 Å². The second-order valence-electron chi connectivity index (χ2n) is 9.29. The van der Waals surface area contributed by atoms with Gasteiger partial charge >= 0.3 is 0 Å². The number of rotatable bonds is 6. The molecule has 0 spiro atoms. The third-order valence-corrected chi connectivity index (χ3v) is 7.49. The van der Waals surface area contributed by atoms with E-state index in [0.29, 0.717) is 29.3 Å². The molecule has 1 amide bonds. The highest BCUT2D eigenvalue weighted by atomic mass is 32.2. The Bertz CT molecular complexity index is 1260. The largest absolute Gasteiger partial charge is 0.390 e. The fraction of sp³-hybridized carbons (Fsp3) is 0.346. The molecule has 0 saturated heterocycles. The molecule has 33 heavy (non-hydrogen) atoms. The summed E-state index contributed by atoms with van der Waals surface area (Å²) in [6.45, 7) is 9.39. The predicted octanol–water partition coefficient (Wildman–Crippen LogP) is 5.49. The third kappa shape index (κ3) is 4.04. The Morgan fingerprint density at radius 3 is 2.79 bits per heavy atom. The molecule has 0 bridgehead atoms. The number of amides is 1. The van der Waals surface area contributed by atoms with Crippen LogP contribution in [0.15, 0.2) is 36.3 Å². The quantitative estimate of drug-likeness (QED) is 0.419. The topological polar surface area (TPSA) is 82.3 Å². The highest BCUT2D eigenvalue weighted by molar-refractivity contribution is 8.03. The van der Waals surface area contributed by atoms with Crippen molar-refractivity contribution >= 4 is 34.4 Å². The van der Waals surface area contributed by atoms with Crippen molar-refractivity contribution in [1.82, 2.24) is 4.98 Å². The number of anilines is 1. The Labute approximate surface area is 198 Å². The van der Waals surface area contributed by atoms with E-state index in [4.69, 9.17) is 5.73 Å². The second kappa shape index (κ2) is 8.54. The Balaban J connectivity index is 2.00. The maximum absolute atomic E-state index is 15.7. The minimum Gasteiger partial charge on any atom is -0.390 e. The van der Waals surface area contributed by atoms with Crippen LogP contribution in [0.25, 0.3) is 22.0 Å². The number of halogens is 1. The van der Waals surface area contributed by atoms with Crippen molar-refractivity contribution in [2.24, 2.45) is 11.7 Å². The standard InChI is InChI=1S/C26H30FN3O2S/c1-6-33-30(5)21-9-7-8-16(14(21)2)22-19(27)13-18(25(28)31)24-23(22)17-11-10-15(26(3,4)32)12-20(17)29-24/h6-9,13,15,29,32H,1,10-12H2,2-5H3,(H2,28,31). The molecular formula is C26H30FN3O2S. The molecule has 2 aromatic carbocycles. The van der Waals surface area contributed by atoms with Gasteiger partial charge in [-0.1, -0.05) is 18.7 Å². The molecule has 1 atom stereocenters. The van der Waals surface area contributed by atoms with Crippen molar-refractivity contribution in [2.75, 3.05) is 11.4 Å². The number of H-pyrrole nitrogens is 1. The smallest absolute Gasteiger partial charge is 0.250 e. The maximum atomic E-state index is 15.7. The SMILES string of the molecule is C=CSN(C)c1cccc(-c2c(F)cc(C(N)=O)c3[nH]c4c(c23)CCC(C(C)(C)O)C4)c1C. The monoisotopic (exact) mass is 467 g/mol. The molecule has 174 valence electrons. The highest BCUT2D eigenvalue weighted by Crippen LogP contribution is 2.44. The molecule has 0 saturated carbocycles. The second-order valence-corrected chi connectivity index (χ2v) is 10.4. The predicted molar refractivity (Wildman–Crippen MR) is 135 cm³/mol. The number of carbonyl (C=O) groups is 1. The summed E-state index contributed by atoms with van der Waals surface area (Å²) in [5.41, 5.74) is 10.6. The van der Waals surface area contributed by atoms with Gasteiger partial charge in [-0.3, -0.25) is 4.79 Å². The van der Waals surface area contributed by atoms with Gasteiger partial charge in [-0.05, 0) is 92.1 Å². The van der Waals surface area contributed by atoms with Crippen molar-refractivity contribution in [3.8, 4) is 11.1 Å². The first-order chi connectivity index (χ1) is 15.5. The molecule has 0 aliphatic heterocycles. The summed E-state index contributed by atoms with van der Waals surface area (Å²) in [5, 5.41) is 13.0. The van der Waals surface area contributed by atoms with Crippen LogP contribution in [0.4, 0.5) is 10.1 Å². The van der Waals surface area contributed by atoms with E-state index in [1.54, 1.807) is 5.41 Å². The molecule has 1 unspecified atom stereocenters. The first-order valence-corrected chi connectivity index (χ1v) is 11.9. The summed E-state index contributed by atoms with van der Waals surface area (Å²) in [6, 6.07) is 7.05. The average Bonchev–Trinajstić information content (AvgIpc) is 3.12. The number of aromatic amines is 1. The van der Waals surface area contributed by atoms with Crippen molar-refractivity contribution in [3.05, 3.63) is 64.5 Å². The number of hydrogen-bond acceptors (Lipinski definition) is 4.